The van der Waals surface area contributed by atoms with E-state index in [0.717, 1.165) is 17.7 Å². The van der Waals surface area contributed by atoms with Crippen molar-refractivity contribution in [2.75, 3.05) is 20.3 Å². The maximum atomic E-state index is 12.2. The highest BCUT2D eigenvalue weighted by Gasteiger charge is 2.27. The second-order valence-electron chi connectivity index (χ2n) is 5.83. The third-order valence-corrected chi connectivity index (χ3v) is 4.20. The van der Waals surface area contributed by atoms with E-state index in [0.29, 0.717) is 23.2 Å². The third-order valence-electron chi connectivity index (χ3n) is 3.96. The third kappa shape index (κ3) is 5.24. The van der Waals surface area contributed by atoms with E-state index < -0.39 is 6.10 Å². The van der Waals surface area contributed by atoms with Crippen LogP contribution in [0.3, 0.4) is 0 Å². The van der Waals surface area contributed by atoms with E-state index in [2.05, 4.69) is 16.2 Å². The number of methoxy groups -OCH3 is 1. The molecule has 0 saturated heterocycles. The summed E-state index contributed by atoms with van der Waals surface area (Å²) < 4.78 is 16.3. The second-order valence-corrected chi connectivity index (χ2v) is 6.24. The number of nitrogens with one attached hydrogen (secondary N) is 3. The predicted molar refractivity (Wildman–Crippen MR) is 105 cm³/mol. The van der Waals surface area contributed by atoms with Gasteiger partial charge >= 0.3 is 0 Å². The molecule has 1 aliphatic heterocycles. The van der Waals surface area contributed by atoms with E-state index in [1.807, 2.05) is 36.4 Å². The number of fused-ring (bicyclic) bond motifs is 1. The zero-order chi connectivity index (χ0) is 19.1. The lowest BCUT2D eigenvalue weighted by molar-refractivity contribution is -0.130. The summed E-state index contributed by atoms with van der Waals surface area (Å²) in [6, 6.07) is 15.0. The monoisotopic (exact) mass is 387 g/mol. The molecular formula is C19H21N3O4S. The molecule has 27 heavy (non-hydrogen) atoms. The molecule has 2 aromatic carbocycles. The van der Waals surface area contributed by atoms with Crippen LogP contribution in [0.25, 0.3) is 0 Å². The molecule has 0 radical (unpaired) electrons. The van der Waals surface area contributed by atoms with Crippen LogP contribution < -0.4 is 30.4 Å². The van der Waals surface area contributed by atoms with E-state index in [-0.39, 0.29) is 12.5 Å². The van der Waals surface area contributed by atoms with Gasteiger partial charge in [0.15, 0.2) is 16.6 Å². The highest BCUT2D eigenvalue weighted by Crippen LogP contribution is 2.30. The van der Waals surface area contributed by atoms with E-state index in [9.17, 15) is 4.79 Å². The molecule has 7 nitrogen and oxygen atoms in total. The van der Waals surface area contributed by atoms with Crippen molar-refractivity contribution in [1.29, 1.82) is 0 Å². The van der Waals surface area contributed by atoms with Gasteiger partial charge in [-0.05, 0) is 48.5 Å². The second kappa shape index (κ2) is 9.09. The first kappa shape index (κ1) is 18.8. The maximum Gasteiger partial charge on any atom is 0.283 e. The normalized spacial score (nSPS) is 14.8. The topological polar surface area (TPSA) is 80.9 Å². The van der Waals surface area contributed by atoms with Gasteiger partial charge in [0.1, 0.15) is 12.4 Å². The highest BCUT2D eigenvalue weighted by atomic mass is 32.1. The summed E-state index contributed by atoms with van der Waals surface area (Å²) >= 11 is 5.16. The summed E-state index contributed by atoms with van der Waals surface area (Å²) in [5.41, 5.74) is 6.36. The van der Waals surface area contributed by atoms with Crippen molar-refractivity contribution >= 4 is 23.2 Å². The Balaban J connectivity index is 1.37. The Bertz CT molecular complexity index is 798. The minimum atomic E-state index is -0.741. The molecule has 3 rings (SSSR count). The summed E-state index contributed by atoms with van der Waals surface area (Å²) in [4.78, 5) is 12.2. The van der Waals surface area contributed by atoms with Gasteiger partial charge in [-0.1, -0.05) is 24.3 Å². The van der Waals surface area contributed by atoms with Gasteiger partial charge in [0.2, 0.25) is 6.10 Å². The Labute approximate surface area is 163 Å². The fraction of sp³-hybridized carbons (Fsp3) is 0.263. The smallest absolute Gasteiger partial charge is 0.283 e. The van der Waals surface area contributed by atoms with Crippen LogP contribution in [-0.4, -0.2) is 37.4 Å². The fourth-order valence-electron chi connectivity index (χ4n) is 2.50. The van der Waals surface area contributed by atoms with Gasteiger partial charge in [0.25, 0.3) is 5.91 Å². The number of thiocarbonyl (C=S) groups is 1. The summed E-state index contributed by atoms with van der Waals surface area (Å²) in [6.45, 7) is 0.770. The van der Waals surface area contributed by atoms with Gasteiger partial charge in [-0.15, -0.1) is 0 Å². The van der Waals surface area contributed by atoms with Crippen molar-refractivity contribution in [2.45, 2.75) is 12.5 Å². The zero-order valence-corrected chi connectivity index (χ0v) is 15.7. The van der Waals surface area contributed by atoms with Gasteiger partial charge in [-0.2, -0.15) is 0 Å². The number of para-hydroxylation sites is 2. The van der Waals surface area contributed by atoms with Crippen LogP contribution in [0.5, 0.6) is 17.2 Å². The Hall–Kier alpha value is -3.00. The SMILES string of the molecule is COc1ccc(CCNC(=S)NNC(=O)[C@@H]2COc3ccccc3O2)cc1. The molecule has 0 saturated carbocycles. The molecule has 1 atom stereocenters. The largest absolute Gasteiger partial charge is 0.497 e. The molecule has 1 heterocycles. The Kier molecular flexibility index (Phi) is 6.32. The first-order valence-electron chi connectivity index (χ1n) is 8.51. The quantitative estimate of drug-likeness (QED) is 0.531. The number of carbonyl (C=O) groups is 1. The molecule has 0 spiro atoms. The maximum absolute atomic E-state index is 12.2. The lowest BCUT2D eigenvalue weighted by Gasteiger charge is -2.25. The van der Waals surface area contributed by atoms with Crippen LogP contribution in [0.4, 0.5) is 0 Å². The van der Waals surface area contributed by atoms with Crippen molar-refractivity contribution in [1.82, 2.24) is 16.2 Å². The number of rotatable bonds is 5. The molecule has 0 aliphatic carbocycles. The van der Waals surface area contributed by atoms with Crippen molar-refractivity contribution < 1.29 is 19.0 Å². The summed E-state index contributed by atoms with van der Waals surface area (Å²) in [7, 11) is 1.64. The van der Waals surface area contributed by atoms with E-state index in [1.165, 1.54) is 0 Å². The van der Waals surface area contributed by atoms with Gasteiger partial charge in [-0.3, -0.25) is 15.6 Å². The van der Waals surface area contributed by atoms with Gasteiger partial charge in [-0.25, -0.2) is 0 Å². The van der Waals surface area contributed by atoms with Crippen molar-refractivity contribution in [2.24, 2.45) is 0 Å². The molecule has 0 fully saturated rings. The lowest BCUT2D eigenvalue weighted by atomic mass is 10.1. The van der Waals surface area contributed by atoms with Crippen LogP contribution in [0.15, 0.2) is 48.5 Å². The summed E-state index contributed by atoms with van der Waals surface area (Å²) in [5, 5.41) is 3.36. The fourth-order valence-corrected chi connectivity index (χ4v) is 2.66. The molecule has 142 valence electrons. The predicted octanol–water partition coefficient (Wildman–Crippen LogP) is 1.57. The van der Waals surface area contributed by atoms with E-state index >= 15 is 0 Å². The average molecular weight is 387 g/mol. The van der Waals surface area contributed by atoms with Crippen molar-refractivity contribution in [3.63, 3.8) is 0 Å². The van der Waals surface area contributed by atoms with Crippen LogP contribution in [-0.2, 0) is 11.2 Å². The number of carbonyl (C=O) groups excluding carboxylic acids is 1. The van der Waals surface area contributed by atoms with Crippen LogP contribution in [0.2, 0.25) is 0 Å². The zero-order valence-electron chi connectivity index (χ0n) is 14.9. The molecular weight excluding hydrogens is 366 g/mol. The number of ether oxygens (including phenoxy) is 3. The summed E-state index contributed by atoms with van der Waals surface area (Å²) in [6.07, 6.45) is 0.0466. The summed E-state index contributed by atoms with van der Waals surface area (Å²) in [5.74, 6) is 1.64. The molecule has 0 unspecified atom stereocenters. The number of hydrazine groups is 1. The van der Waals surface area contributed by atoms with Gasteiger partial charge in [0.05, 0.1) is 7.11 Å². The molecule has 3 N–H and O–H groups in total. The van der Waals surface area contributed by atoms with E-state index in [1.54, 1.807) is 19.2 Å². The van der Waals surface area contributed by atoms with Crippen LogP contribution >= 0.6 is 12.2 Å². The van der Waals surface area contributed by atoms with Crippen LogP contribution in [0, 0.1) is 0 Å². The molecule has 2 aromatic rings. The Morgan fingerprint density at radius 3 is 2.63 bits per heavy atom. The standard InChI is InChI=1S/C19H21N3O4S/c1-24-14-8-6-13(7-9-14)10-11-20-19(27)22-21-18(23)17-12-25-15-4-2-3-5-16(15)26-17/h2-9,17H,10-12H2,1H3,(H,21,23)(H2,20,22,27)/t17-/m0/s1. The molecule has 1 aliphatic rings. The Morgan fingerprint density at radius 2 is 1.89 bits per heavy atom. The minimum Gasteiger partial charge on any atom is -0.497 e. The molecule has 1 amide bonds. The number of benzene rings is 2. The number of hydrogen-bond donors (Lipinski definition) is 3. The lowest BCUT2D eigenvalue weighted by Crippen LogP contribution is -2.53. The highest BCUT2D eigenvalue weighted by molar-refractivity contribution is 7.80. The van der Waals surface area contributed by atoms with Gasteiger partial charge < -0.3 is 19.5 Å². The number of hydrogen-bond acceptors (Lipinski definition) is 5. The van der Waals surface area contributed by atoms with Crippen molar-refractivity contribution in [3.8, 4) is 17.2 Å². The first-order chi connectivity index (χ1) is 13.2. The van der Waals surface area contributed by atoms with Gasteiger partial charge in [0, 0.05) is 6.54 Å². The van der Waals surface area contributed by atoms with Crippen LogP contribution in [0.1, 0.15) is 5.56 Å². The molecule has 8 heteroatoms. The molecule has 0 bridgehead atoms. The average Bonchev–Trinajstić information content (AvgIpc) is 2.72. The minimum absolute atomic E-state index is 0.141. The molecule has 0 aromatic heterocycles. The Morgan fingerprint density at radius 1 is 1.15 bits per heavy atom. The van der Waals surface area contributed by atoms with Crippen molar-refractivity contribution in [3.05, 3.63) is 54.1 Å². The first-order valence-corrected chi connectivity index (χ1v) is 8.91. The number of amides is 1. The van der Waals surface area contributed by atoms with E-state index in [4.69, 9.17) is 26.4 Å².